The maximum atomic E-state index is 13.1. The average molecular weight is 429 g/mol. The maximum Gasteiger partial charge on any atom is 0.252 e. The number of hydrogen-bond acceptors (Lipinski definition) is 5. The Morgan fingerprint density at radius 3 is 2.66 bits per heavy atom. The number of piperidine rings is 1. The van der Waals surface area contributed by atoms with Crippen LogP contribution in [0.15, 0.2) is 42.5 Å². The number of nitrogens with two attached hydrogens (primary N) is 1. The molecule has 3 heterocycles. The van der Waals surface area contributed by atoms with Crippen LogP contribution >= 0.6 is 22.9 Å². The number of thiophene rings is 1. The van der Waals surface area contributed by atoms with E-state index in [2.05, 4.69) is 5.32 Å². The van der Waals surface area contributed by atoms with E-state index in [1.807, 2.05) is 47.4 Å². The van der Waals surface area contributed by atoms with Crippen molar-refractivity contribution in [2.45, 2.75) is 18.9 Å². The summed E-state index contributed by atoms with van der Waals surface area (Å²) in [5, 5.41) is 3.97. The largest absolute Gasteiger partial charge is 0.369 e. The van der Waals surface area contributed by atoms with Crippen LogP contribution in [0.1, 0.15) is 23.2 Å². The molecule has 150 valence electrons. The van der Waals surface area contributed by atoms with E-state index >= 15 is 0 Å². The number of pyridine rings is 1. The number of primary amides is 1. The molecule has 1 aliphatic heterocycles. The lowest BCUT2D eigenvalue weighted by Crippen LogP contribution is -2.46. The van der Waals surface area contributed by atoms with Gasteiger partial charge in [0, 0.05) is 24.5 Å². The molecule has 0 aliphatic carbocycles. The second-order valence-electron chi connectivity index (χ2n) is 7.17. The van der Waals surface area contributed by atoms with Crippen molar-refractivity contribution in [1.29, 1.82) is 0 Å². The fourth-order valence-electron chi connectivity index (χ4n) is 3.66. The Bertz CT molecular complexity index is 1060. The molecule has 1 saturated heterocycles. The molecule has 1 fully saturated rings. The van der Waals surface area contributed by atoms with E-state index in [4.69, 9.17) is 22.3 Å². The molecule has 3 aromatic rings. The zero-order valence-corrected chi connectivity index (χ0v) is 17.3. The van der Waals surface area contributed by atoms with Crippen molar-refractivity contribution in [3.8, 4) is 10.6 Å². The first-order chi connectivity index (χ1) is 14.0. The smallest absolute Gasteiger partial charge is 0.252 e. The van der Waals surface area contributed by atoms with Gasteiger partial charge in [-0.25, -0.2) is 4.98 Å². The van der Waals surface area contributed by atoms with Crippen molar-refractivity contribution >= 4 is 45.7 Å². The number of nitrogens with one attached hydrogen (secondary N) is 1. The van der Waals surface area contributed by atoms with Crippen LogP contribution in [0.5, 0.6) is 0 Å². The summed E-state index contributed by atoms with van der Waals surface area (Å²) in [4.78, 5) is 31.9. The molecule has 1 aliphatic rings. The zero-order chi connectivity index (χ0) is 20.4. The number of halogens is 1. The van der Waals surface area contributed by atoms with Crippen LogP contribution in [0.4, 0.5) is 0 Å². The van der Waals surface area contributed by atoms with Gasteiger partial charge in [-0.2, -0.15) is 0 Å². The van der Waals surface area contributed by atoms with Crippen LogP contribution in [0.3, 0.4) is 0 Å². The van der Waals surface area contributed by atoms with Crippen molar-refractivity contribution in [2.75, 3.05) is 19.6 Å². The molecule has 3 N–H and O–H groups in total. The topological polar surface area (TPSA) is 88.3 Å². The maximum absolute atomic E-state index is 13.1. The highest BCUT2D eigenvalue weighted by molar-refractivity contribution is 7.19. The highest BCUT2D eigenvalue weighted by Crippen LogP contribution is 2.32. The number of carbonyl (C=O) groups excluding carboxylic acids is 2. The highest BCUT2D eigenvalue weighted by Gasteiger charge is 2.23. The van der Waals surface area contributed by atoms with Crippen LogP contribution in [0.25, 0.3) is 21.5 Å². The SMILES string of the molecule is NC(=O)CN1CCC(NC(=O)c2cc(-c3ccc(Cl)s3)nc3ccccc23)CC1. The Morgan fingerprint density at radius 2 is 1.97 bits per heavy atom. The van der Waals surface area contributed by atoms with Crippen molar-refractivity contribution in [2.24, 2.45) is 5.73 Å². The number of amides is 2. The number of nitrogens with zero attached hydrogens (tertiary/aromatic N) is 2. The normalized spacial score (nSPS) is 15.5. The Morgan fingerprint density at radius 1 is 1.21 bits per heavy atom. The third-order valence-corrected chi connectivity index (χ3v) is 6.34. The predicted octanol–water partition coefficient (Wildman–Crippen LogP) is 3.30. The summed E-state index contributed by atoms with van der Waals surface area (Å²) in [5.74, 6) is -0.433. The molecular weight excluding hydrogens is 408 g/mol. The van der Waals surface area contributed by atoms with Crippen LogP contribution in [-0.2, 0) is 4.79 Å². The lowest BCUT2D eigenvalue weighted by atomic mass is 10.0. The third-order valence-electron chi connectivity index (χ3n) is 5.09. The van der Waals surface area contributed by atoms with Gasteiger partial charge in [-0.05, 0) is 37.1 Å². The minimum absolute atomic E-state index is 0.0678. The average Bonchev–Trinajstić information content (AvgIpc) is 3.14. The zero-order valence-electron chi connectivity index (χ0n) is 15.7. The van der Waals surface area contributed by atoms with Crippen LogP contribution in [0, 0.1) is 0 Å². The van der Waals surface area contributed by atoms with Crippen LogP contribution in [0.2, 0.25) is 4.34 Å². The minimum Gasteiger partial charge on any atom is -0.369 e. The summed E-state index contributed by atoms with van der Waals surface area (Å²) in [6.07, 6.45) is 1.57. The summed E-state index contributed by atoms with van der Waals surface area (Å²) >= 11 is 7.52. The molecule has 0 spiro atoms. The van der Waals surface area contributed by atoms with Crippen LogP contribution < -0.4 is 11.1 Å². The number of benzene rings is 1. The number of aromatic nitrogens is 1. The fourth-order valence-corrected chi connectivity index (χ4v) is 4.66. The number of likely N-dealkylation sites (tertiary alicyclic amines) is 1. The molecule has 0 radical (unpaired) electrons. The molecular formula is C21H21ClN4O2S. The van der Waals surface area contributed by atoms with E-state index in [1.165, 1.54) is 11.3 Å². The molecule has 0 bridgehead atoms. The molecule has 2 aromatic heterocycles. The minimum atomic E-state index is -0.322. The monoisotopic (exact) mass is 428 g/mol. The van der Waals surface area contributed by atoms with Crippen molar-refractivity contribution < 1.29 is 9.59 Å². The number of fused-ring (bicyclic) bond motifs is 1. The number of para-hydroxylation sites is 1. The quantitative estimate of drug-likeness (QED) is 0.652. The highest BCUT2D eigenvalue weighted by atomic mass is 35.5. The van der Waals surface area contributed by atoms with Gasteiger partial charge < -0.3 is 11.1 Å². The van der Waals surface area contributed by atoms with E-state index in [1.54, 1.807) is 0 Å². The summed E-state index contributed by atoms with van der Waals surface area (Å²) in [5.41, 5.74) is 7.39. The summed E-state index contributed by atoms with van der Waals surface area (Å²) < 4.78 is 0.684. The second kappa shape index (κ2) is 8.49. The molecule has 29 heavy (non-hydrogen) atoms. The first-order valence-electron chi connectivity index (χ1n) is 9.46. The summed E-state index contributed by atoms with van der Waals surface area (Å²) in [6.45, 7) is 1.75. The van der Waals surface area contributed by atoms with Crippen molar-refractivity contribution in [3.05, 3.63) is 52.4 Å². The van der Waals surface area contributed by atoms with Gasteiger partial charge in [0.25, 0.3) is 5.91 Å². The molecule has 6 nitrogen and oxygen atoms in total. The first-order valence-corrected chi connectivity index (χ1v) is 10.7. The van der Waals surface area contributed by atoms with Crippen molar-refractivity contribution in [1.82, 2.24) is 15.2 Å². The summed E-state index contributed by atoms with van der Waals surface area (Å²) in [7, 11) is 0. The Labute approximate surface area is 177 Å². The third kappa shape index (κ3) is 4.58. The van der Waals surface area contributed by atoms with E-state index in [9.17, 15) is 9.59 Å². The van der Waals surface area contributed by atoms with Gasteiger partial charge in [-0.3, -0.25) is 14.5 Å². The van der Waals surface area contributed by atoms with Gasteiger partial charge in [0.05, 0.1) is 32.5 Å². The molecule has 1 aromatic carbocycles. The van der Waals surface area contributed by atoms with E-state index in [-0.39, 0.29) is 24.4 Å². The van der Waals surface area contributed by atoms with Gasteiger partial charge in [0.1, 0.15) is 0 Å². The Hall–Kier alpha value is -2.48. The van der Waals surface area contributed by atoms with Crippen molar-refractivity contribution in [3.63, 3.8) is 0 Å². The number of carbonyl (C=O) groups is 2. The number of hydrogen-bond donors (Lipinski definition) is 2. The van der Waals surface area contributed by atoms with E-state index in [0.717, 1.165) is 47.4 Å². The fraction of sp³-hybridized carbons (Fsp3) is 0.286. The Kier molecular flexibility index (Phi) is 5.80. The van der Waals surface area contributed by atoms with Crippen LogP contribution in [-0.4, -0.2) is 47.4 Å². The molecule has 0 saturated carbocycles. The predicted molar refractivity (Wildman–Crippen MR) is 116 cm³/mol. The number of rotatable bonds is 5. The molecule has 8 heteroatoms. The van der Waals surface area contributed by atoms with Gasteiger partial charge in [0.2, 0.25) is 5.91 Å². The second-order valence-corrected chi connectivity index (χ2v) is 8.88. The Balaban J connectivity index is 1.56. The lowest BCUT2D eigenvalue weighted by Gasteiger charge is -2.31. The van der Waals surface area contributed by atoms with Gasteiger partial charge >= 0.3 is 0 Å². The molecule has 2 amide bonds. The van der Waals surface area contributed by atoms with Gasteiger partial charge in [-0.15, -0.1) is 11.3 Å². The molecule has 0 atom stereocenters. The summed E-state index contributed by atoms with van der Waals surface area (Å²) in [6, 6.07) is 13.3. The van der Waals surface area contributed by atoms with Gasteiger partial charge in [0.15, 0.2) is 0 Å². The van der Waals surface area contributed by atoms with E-state index < -0.39 is 0 Å². The standard InChI is InChI=1S/C21H21ClN4O2S/c22-19-6-5-18(29-19)17-11-15(14-3-1-2-4-16(14)25-17)21(28)24-13-7-9-26(10-8-13)12-20(23)27/h1-6,11,13H,7-10,12H2,(H2,23,27)(H,24,28). The first kappa shape index (κ1) is 19.8. The molecule has 0 unspecified atom stereocenters. The van der Waals surface area contributed by atoms with Gasteiger partial charge in [-0.1, -0.05) is 29.8 Å². The molecule has 4 rings (SSSR count). The lowest BCUT2D eigenvalue weighted by molar-refractivity contribution is -0.119. The van der Waals surface area contributed by atoms with E-state index in [0.29, 0.717) is 9.90 Å².